The minimum atomic E-state index is -1.83. The summed E-state index contributed by atoms with van der Waals surface area (Å²) >= 11 is 0. The average molecular weight is 238 g/mol. The van der Waals surface area contributed by atoms with E-state index in [9.17, 15) is 0 Å². The van der Waals surface area contributed by atoms with Gasteiger partial charge in [0.15, 0.2) is 0 Å². The van der Waals surface area contributed by atoms with Crippen molar-refractivity contribution in [2.24, 2.45) is 10.8 Å². The van der Waals surface area contributed by atoms with Gasteiger partial charge >= 0.3 is 12.3 Å². The van der Waals surface area contributed by atoms with Crippen LogP contribution >= 0.6 is 0 Å². The van der Waals surface area contributed by atoms with Crippen LogP contribution < -0.4 is 0 Å². The van der Waals surface area contributed by atoms with Gasteiger partial charge in [0.05, 0.1) is 0 Å². The molecule has 0 unspecified atom stereocenters. The van der Waals surface area contributed by atoms with E-state index in [1.807, 2.05) is 0 Å². The molecule has 0 amide bonds. The highest BCUT2D eigenvalue weighted by Gasteiger charge is 2.26. The summed E-state index contributed by atoms with van der Waals surface area (Å²) in [5.74, 6) is 0. The van der Waals surface area contributed by atoms with Crippen LogP contribution in [0, 0.1) is 10.8 Å². The lowest BCUT2D eigenvalue weighted by atomic mass is 9.71. The summed E-state index contributed by atoms with van der Waals surface area (Å²) in [5.41, 5.74) is 0.875. The Kier molecular flexibility index (Phi) is 9.74. The molecule has 0 saturated carbocycles. The molecule has 4 N–H and O–H groups in total. The van der Waals surface area contributed by atoms with Crippen molar-refractivity contribution in [2.45, 2.75) is 41.5 Å². The van der Waals surface area contributed by atoms with E-state index in [0.717, 1.165) is 0 Å². The second-order valence-corrected chi connectivity index (χ2v) is 5.07. The largest absolute Gasteiger partial charge is 0.503 e. The third kappa shape index (κ3) is 29.4. The standard InChI is InChI=1S/C8H18.2CH2O3/c1-7(2,3)8(4,5)6;2*2-1(3)4/h1-6H3;2*(H2,2,3,4). The molecule has 98 valence electrons. The molecule has 0 aromatic carbocycles. The molecule has 6 heteroatoms. The van der Waals surface area contributed by atoms with Crippen LogP contribution in [0.2, 0.25) is 0 Å². The van der Waals surface area contributed by atoms with E-state index in [1.54, 1.807) is 0 Å². The van der Waals surface area contributed by atoms with Gasteiger partial charge in [-0.1, -0.05) is 41.5 Å². The summed E-state index contributed by atoms with van der Waals surface area (Å²) in [6.07, 6.45) is -3.67. The lowest BCUT2D eigenvalue weighted by Gasteiger charge is -2.34. The van der Waals surface area contributed by atoms with Crippen LogP contribution in [0.3, 0.4) is 0 Å². The van der Waals surface area contributed by atoms with Gasteiger partial charge in [-0.2, -0.15) is 0 Å². The number of hydrogen-bond donors (Lipinski definition) is 4. The Morgan fingerprint density at radius 1 is 0.625 bits per heavy atom. The smallest absolute Gasteiger partial charge is 0.450 e. The third-order valence-corrected chi connectivity index (χ3v) is 2.25. The molecule has 16 heavy (non-hydrogen) atoms. The highest BCUT2D eigenvalue weighted by atomic mass is 16.6. The van der Waals surface area contributed by atoms with Crippen molar-refractivity contribution < 1.29 is 30.0 Å². The van der Waals surface area contributed by atoms with Gasteiger partial charge in [-0.15, -0.1) is 0 Å². The molecule has 0 rings (SSSR count). The Morgan fingerprint density at radius 2 is 0.688 bits per heavy atom. The molecule has 0 atom stereocenters. The Bertz CT molecular complexity index is 176. The molecular formula is C10H22O6. The number of hydrogen-bond acceptors (Lipinski definition) is 2. The maximum absolute atomic E-state index is 8.56. The first kappa shape index (κ1) is 20.0. The van der Waals surface area contributed by atoms with Crippen molar-refractivity contribution in [3.8, 4) is 0 Å². The minimum absolute atomic E-state index is 0.437. The van der Waals surface area contributed by atoms with Gasteiger partial charge in [0.1, 0.15) is 0 Å². The molecule has 0 saturated heterocycles. The van der Waals surface area contributed by atoms with Gasteiger partial charge < -0.3 is 20.4 Å². The van der Waals surface area contributed by atoms with Gasteiger partial charge in [0.2, 0.25) is 0 Å². The van der Waals surface area contributed by atoms with Crippen LogP contribution in [0.5, 0.6) is 0 Å². The highest BCUT2D eigenvalue weighted by Crippen LogP contribution is 2.36. The maximum atomic E-state index is 8.56. The van der Waals surface area contributed by atoms with Crippen LogP contribution in [-0.2, 0) is 0 Å². The van der Waals surface area contributed by atoms with E-state index in [2.05, 4.69) is 41.5 Å². The van der Waals surface area contributed by atoms with E-state index in [4.69, 9.17) is 30.0 Å². The fraction of sp³-hybridized carbons (Fsp3) is 0.800. The molecule has 0 fully saturated rings. The second kappa shape index (κ2) is 7.78. The summed E-state index contributed by atoms with van der Waals surface area (Å²) in [6.45, 7) is 13.6. The molecule has 6 nitrogen and oxygen atoms in total. The fourth-order valence-electron chi connectivity index (χ4n) is 0. The molecule has 0 heterocycles. The van der Waals surface area contributed by atoms with Crippen molar-refractivity contribution in [3.05, 3.63) is 0 Å². The number of carbonyl (C=O) groups is 2. The first-order chi connectivity index (χ1) is 6.71. The molecule has 0 aliphatic rings. The molecule has 0 spiro atoms. The van der Waals surface area contributed by atoms with Crippen molar-refractivity contribution in [2.75, 3.05) is 0 Å². The quantitative estimate of drug-likeness (QED) is 0.513. The lowest BCUT2D eigenvalue weighted by Crippen LogP contribution is -2.25. The van der Waals surface area contributed by atoms with Crippen LogP contribution in [0.25, 0.3) is 0 Å². The predicted molar refractivity (Wildman–Crippen MR) is 60.2 cm³/mol. The van der Waals surface area contributed by atoms with Crippen molar-refractivity contribution in [1.82, 2.24) is 0 Å². The van der Waals surface area contributed by atoms with E-state index in [1.165, 1.54) is 0 Å². The lowest BCUT2D eigenvalue weighted by molar-refractivity contribution is 0.135. The molecular weight excluding hydrogens is 216 g/mol. The Balaban J connectivity index is -0.000000179. The van der Waals surface area contributed by atoms with E-state index in [0.29, 0.717) is 10.8 Å². The van der Waals surface area contributed by atoms with Gasteiger partial charge in [0, 0.05) is 0 Å². The summed E-state index contributed by atoms with van der Waals surface area (Å²) in [7, 11) is 0. The SMILES string of the molecule is CC(C)(C)C(C)(C)C.O=C(O)O.O=C(O)O. The Morgan fingerprint density at radius 3 is 0.688 bits per heavy atom. The topological polar surface area (TPSA) is 115 Å². The summed E-state index contributed by atoms with van der Waals surface area (Å²) < 4.78 is 0. The van der Waals surface area contributed by atoms with Crippen LogP contribution in [-0.4, -0.2) is 32.7 Å². The fourth-order valence-corrected chi connectivity index (χ4v) is 0. The van der Waals surface area contributed by atoms with E-state index >= 15 is 0 Å². The van der Waals surface area contributed by atoms with Gasteiger partial charge in [-0.3, -0.25) is 0 Å². The zero-order valence-electron chi connectivity index (χ0n) is 10.6. The third-order valence-electron chi connectivity index (χ3n) is 2.25. The molecule has 0 aromatic rings. The first-order valence-corrected chi connectivity index (χ1v) is 4.55. The molecule has 0 aliphatic heterocycles. The molecule has 0 aliphatic carbocycles. The minimum Gasteiger partial charge on any atom is -0.450 e. The van der Waals surface area contributed by atoms with Crippen molar-refractivity contribution in [3.63, 3.8) is 0 Å². The zero-order valence-corrected chi connectivity index (χ0v) is 10.6. The van der Waals surface area contributed by atoms with Crippen molar-refractivity contribution >= 4 is 12.3 Å². The monoisotopic (exact) mass is 238 g/mol. The summed E-state index contributed by atoms with van der Waals surface area (Å²) in [6, 6.07) is 0. The predicted octanol–water partition coefficient (Wildman–Crippen LogP) is 3.52. The second-order valence-electron chi connectivity index (χ2n) is 5.07. The molecule has 0 radical (unpaired) electrons. The molecule has 0 bridgehead atoms. The number of rotatable bonds is 0. The van der Waals surface area contributed by atoms with Crippen molar-refractivity contribution in [1.29, 1.82) is 0 Å². The number of carboxylic acid groups (broad SMARTS) is 4. The first-order valence-electron chi connectivity index (χ1n) is 4.55. The zero-order chi connectivity index (χ0) is 14.2. The average Bonchev–Trinajstić information content (AvgIpc) is 1.76. The van der Waals surface area contributed by atoms with E-state index in [-0.39, 0.29) is 0 Å². The van der Waals surface area contributed by atoms with Crippen LogP contribution in [0.15, 0.2) is 0 Å². The van der Waals surface area contributed by atoms with Gasteiger partial charge in [-0.05, 0) is 10.8 Å². The molecule has 0 aromatic heterocycles. The Labute approximate surface area is 95.5 Å². The normalized spacial score (nSPS) is 10.1. The summed E-state index contributed by atoms with van der Waals surface area (Å²) in [5, 5.41) is 27.9. The Hall–Kier alpha value is -1.46. The van der Waals surface area contributed by atoms with Gasteiger partial charge in [0.25, 0.3) is 0 Å². The van der Waals surface area contributed by atoms with Crippen LogP contribution in [0.4, 0.5) is 9.59 Å². The maximum Gasteiger partial charge on any atom is 0.503 e. The summed E-state index contributed by atoms with van der Waals surface area (Å²) in [4.78, 5) is 17.1. The van der Waals surface area contributed by atoms with Crippen LogP contribution in [0.1, 0.15) is 41.5 Å². The van der Waals surface area contributed by atoms with Gasteiger partial charge in [-0.25, -0.2) is 9.59 Å². The highest BCUT2D eigenvalue weighted by molar-refractivity contribution is 5.53. The van der Waals surface area contributed by atoms with E-state index < -0.39 is 12.3 Å².